The van der Waals surface area contributed by atoms with Crippen LogP contribution in [0, 0.1) is 6.92 Å². The highest BCUT2D eigenvalue weighted by molar-refractivity contribution is 5.98. The molecule has 2 rings (SSSR count). The van der Waals surface area contributed by atoms with Crippen LogP contribution in [0.15, 0.2) is 36.7 Å². The molecule has 0 unspecified atom stereocenters. The van der Waals surface area contributed by atoms with E-state index in [1.807, 2.05) is 26.0 Å². The van der Waals surface area contributed by atoms with Gasteiger partial charge >= 0.3 is 0 Å². The number of hydrogen-bond acceptors (Lipinski definition) is 4. The predicted octanol–water partition coefficient (Wildman–Crippen LogP) is 2.15. The maximum atomic E-state index is 12.2. The lowest BCUT2D eigenvalue weighted by Gasteiger charge is -2.10. The quantitative estimate of drug-likeness (QED) is 0.873. The van der Waals surface area contributed by atoms with Gasteiger partial charge in [-0.1, -0.05) is 6.07 Å². The summed E-state index contributed by atoms with van der Waals surface area (Å²) in [6.45, 7) is 5.07. The summed E-state index contributed by atoms with van der Waals surface area (Å²) in [5.41, 5.74) is 2.48. The lowest BCUT2D eigenvalue weighted by Crippen LogP contribution is -2.25. The number of nitrogens with one attached hydrogen (secondary N) is 2. The molecule has 0 saturated heterocycles. The number of rotatable bonds is 5. The maximum absolute atomic E-state index is 12.2. The van der Waals surface area contributed by atoms with E-state index in [1.54, 1.807) is 24.5 Å². The van der Waals surface area contributed by atoms with Gasteiger partial charge in [-0.05, 0) is 37.6 Å². The van der Waals surface area contributed by atoms with Gasteiger partial charge in [-0.3, -0.25) is 9.78 Å². The van der Waals surface area contributed by atoms with Gasteiger partial charge < -0.3 is 10.6 Å². The Morgan fingerprint density at radius 2 is 1.95 bits per heavy atom. The third-order valence-corrected chi connectivity index (χ3v) is 2.93. The summed E-state index contributed by atoms with van der Waals surface area (Å²) < 4.78 is 0. The van der Waals surface area contributed by atoms with E-state index < -0.39 is 0 Å². The first-order valence-electron chi connectivity index (χ1n) is 6.60. The zero-order valence-corrected chi connectivity index (χ0v) is 11.7. The highest BCUT2D eigenvalue weighted by Crippen LogP contribution is 2.11. The Morgan fingerprint density at radius 1 is 1.20 bits per heavy atom. The Balaban J connectivity index is 2.07. The Bertz CT molecular complexity index is 598. The predicted molar refractivity (Wildman–Crippen MR) is 78.5 cm³/mol. The smallest absolute Gasteiger partial charge is 0.255 e. The van der Waals surface area contributed by atoms with Gasteiger partial charge in [-0.15, -0.1) is 0 Å². The van der Waals surface area contributed by atoms with Crippen LogP contribution in [0.1, 0.15) is 28.5 Å². The van der Waals surface area contributed by atoms with E-state index in [2.05, 4.69) is 20.6 Å². The lowest BCUT2D eigenvalue weighted by atomic mass is 10.2. The molecule has 0 aliphatic heterocycles. The van der Waals surface area contributed by atoms with E-state index >= 15 is 0 Å². The first kappa shape index (κ1) is 14.0. The van der Waals surface area contributed by atoms with Gasteiger partial charge in [-0.25, -0.2) is 4.98 Å². The van der Waals surface area contributed by atoms with Crippen LogP contribution < -0.4 is 10.6 Å². The highest BCUT2D eigenvalue weighted by Gasteiger charge is 2.11. The Kier molecular flexibility index (Phi) is 4.65. The number of nitrogens with zero attached hydrogens (tertiary/aromatic N) is 2. The largest absolute Gasteiger partial charge is 0.370 e. The van der Waals surface area contributed by atoms with Gasteiger partial charge in [0, 0.05) is 18.9 Å². The van der Waals surface area contributed by atoms with Crippen molar-refractivity contribution in [1.82, 2.24) is 15.3 Å². The summed E-state index contributed by atoms with van der Waals surface area (Å²) in [5.74, 6) is 0.448. The van der Waals surface area contributed by atoms with Crippen molar-refractivity contribution in [3.05, 3.63) is 53.5 Å². The zero-order valence-electron chi connectivity index (χ0n) is 11.7. The molecule has 0 spiro atoms. The number of hydrogen-bond donors (Lipinski definition) is 2. The second-order valence-corrected chi connectivity index (χ2v) is 4.38. The average molecular weight is 270 g/mol. The zero-order chi connectivity index (χ0) is 14.4. The van der Waals surface area contributed by atoms with E-state index in [9.17, 15) is 4.79 Å². The van der Waals surface area contributed by atoms with Crippen LogP contribution in [0.25, 0.3) is 0 Å². The minimum absolute atomic E-state index is 0.154. The van der Waals surface area contributed by atoms with Gasteiger partial charge in [0.1, 0.15) is 5.82 Å². The molecule has 0 saturated carbocycles. The van der Waals surface area contributed by atoms with Crippen molar-refractivity contribution in [2.24, 2.45) is 0 Å². The van der Waals surface area contributed by atoms with Gasteiger partial charge in [0.25, 0.3) is 5.91 Å². The number of carbonyl (C=O) groups is 1. The van der Waals surface area contributed by atoms with Crippen molar-refractivity contribution < 1.29 is 4.79 Å². The second kappa shape index (κ2) is 6.65. The Labute approximate surface area is 118 Å². The van der Waals surface area contributed by atoms with E-state index in [0.29, 0.717) is 17.9 Å². The molecule has 20 heavy (non-hydrogen) atoms. The normalized spacial score (nSPS) is 10.1. The number of anilines is 1. The van der Waals surface area contributed by atoms with Crippen LogP contribution in [0.5, 0.6) is 0 Å². The van der Waals surface area contributed by atoms with Crippen molar-refractivity contribution in [2.45, 2.75) is 20.4 Å². The number of aromatic nitrogens is 2. The topological polar surface area (TPSA) is 66.9 Å². The molecule has 2 heterocycles. The minimum atomic E-state index is -0.154. The molecule has 0 aromatic carbocycles. The fourth-order valence-corrected chi connectivity index (χ4v) is 1.86. The number of aryl methyl sites for hydroxylation is 1. The molecule has 0 radical (unpaired) electrons. The fourth-order valence-electron chi connectivity index (χ4n) is 1.86. The first-order chi connectivity index (χ1) is 9.72. The number of carbonyl (C=O) groups excluding carboxylic acids is 1. The molecule has 0 aliphatic rings. The molecule has 104 valence electrons. The fraction of sp³-hybridized carbons (Fsp3) is 0.267. The summed E-state index contributed by atoms with van der Waals surface area (Å²) in [5, 5.41) is 5.95. The Hall–Kier alpha value is -2.43. The van der Waals surface area contributed by atoms with Gasteiger partial charge in [0.15, 0.2) is 0 Å². The molecule has 0 aliphatic carbocycles. The van der Waals surface area contributed by atoms with Crippen molar-refractivity contribution in [3.63, 3.8) is 0 Å². The molecule has 5 heteroatoms. The van der Waals surface area contributed by atoms with Gasteiger partial charge in [-0.2, -0.15) is 0 Å². The molecule has 1 amide bonds. The summed E-state index contributed by atoms with van der Waals surface area (Å²) in [4.78, 5) is 20.6. The molecule has 5 nitrogen and oxygen atoms in total. The molecule has 2 aromatic heterocycles. The van der Waals surface area contributed by atoms with E-state index in [0.717, 1.165) is 17.8 Å². The van der Waals surface area contributed by atoms with Crippen LogP contribution >= 0.6 is 0 Å². The van der Waals surface area contributed by atoms with Gasteiger partial charge in [0.2, 0.25) is 0 Å². The number of amides is 1. The second-order valence-electron chi connectivity index (χ2n) is 4.38. The molecular weight excluding hydrogens is 252 g/mol. The van der Waals surface area contributed by atoms with Crippen LogP contribution in [0.4, 0.5) is 5.82 Å². The molecule has 0 bridgehead atoms. The highest BCUT2D eigenvalue weighted by atomic mass is 16.1. The van der Waals surface area contributed by atoms with E-state index in [4.69, 9.17) is 0 Å². The molecule has 0 fully saturated rings. The lowest BCUT2D eigenvalue weighted by molar-refractivity contribution is 0.0951. The van der Waals surface area contributed by atoms with Gasteiger partial charge in [0.05, 0.1) is 17.8 Å². The van der Waals surface area contributed by atoms with Crippen molar-refractivity contribution in [3.8, 4) is 0 Å². The third kappa shape index (κ3) is 3.32. The van der Waals surface area contributed by atoms with E-state index in [-0.39, 0.29) is 5.91 Å². The van der Waals surface area contributed by atoms with Crippen LogP contribution in [-0.2, 0) is 6.54 Å². The summed E-state index contributed by atoms with van der Waals surface area (Å²) in [6, 6.07) is 7.36. The van der Waals surface area contributed by atoms with Crippen LogP contribution in [0.2, 0.25) is 0 Å². The molecule has 2 N–H and O–H groups in total. The maximum Gasteiger partial charge on any atom is 0.255 e. The first-order valence-corrected chi connectivity index (χ1v) is 6.60. The average Bonchev–Trinajstić information content (AvgIpc) is 2.47. The third-order valence-electron chi connectivity index (χ3n) is 2.93. The minimum Gasteiger partial charge on any atom is -0.370 e. The number of pyridine rings is 2. The Morgan fingerprint density at radius 3 is 2.70 bits per heavy atom. The molecule has 0 atom stereocenters. The summed E-state index contributed by atoms with van der Waals surface area (Å²) >= 11 is 0. The van der Waals surface area contributed by atoms with Crippen molar-refractivity contribution in [1.29, 1.82) is 0 Å². The monoisotopic (exact) mass is 270 g/mol. The molecular formula is C15H18N4O. The molecule has 2 aromatic rings. The van der Waals surface area contributed by atoms with Crippen molar-refractivity contribution >= 4 is 11.7 Å². The van der Waals surface area contributed by atoms with E-state index in [1.165, 1.54) is 0 Å². The summed E-state index contributed by atoms with van der Waals surface area (Å²) in [6.07, 6.45) is 3.39. The van der Waals surface area contributed by atoms with Crippen molar-refractivity contribution in [2.75, 3.05) is 11.9 Å². The standard InChI is InChI=1S/C15H18N4O/c1-3-16-14-12(7-5-9-18-14)15(20)19-10-13-11(2)6-4-8-17-13/h4-9H,3,10H2,1-2H3,(H,16,18)(H,19,20). The van der Waals surface area contributed by atoms with Crippen LogP contribution in [0.3, 0.4) is 0 Å². The SMILES string of the molecule is CCNc1ncccc1C(=O)NCc1ncccc1C. The van der Waals surface area contributed by atoms with Crippen LogP contribution in [-0.4, -0.2) is 22.4 Å². The summed E-state index contributed by atoms with van der Waals surface area (Å²) in [7, 11) is 0.